The van der Waals surface area contributed by atoms with E-state index < -0.39 is 6.09 Å². The number of nitrogens with zero attached hydrogens (tertiary/aromatic N) is 6. The lowest BCUT2D eigenvalue weighted by atomic mass is 10.0. The minimum absolute atomic E-state index is 0.0555. The van der Waals surface area contributed by atoms with Gasteiger partial charge in [0, 0.05) is 44.6 Å². The van der Waals surface area contributed by atoms with E-state index in [2.05, 4.69) is 25.5 Å². The maximum Gasteiger partial charge on any atom is 0.409 e. The first kappa shape index (κ1) is 21.2. The molecular weight excluding hydrogens is 412 g/mol. The van der Waals surface area contributed by atoms with Crippen molar-refractivity contribution in [3.8, 4) is 6.07 Å². The molecule has 1 aromatic carbocycles. The van der Waals surface area contributed by atoms with Crippen molar-refractivity contribution in [1.29, 1.82) is 5.26 Å². The van der Waals surface area contributed by atoms with Gasteiger partial charge in [0.2, 0.25) is 0 Å². The van der Waals surface area contributed by atoms with Crippen molar-refractivity contribution in [2.75, 3.05) is 48.8 Å². The Morgan fingerprint density at radius 1 is 1.28 bits per heavy atom. The van der Waals surface area contributed by atoms with Crippen molar-refractivity contribution < 1.29 is 14.7 Å². The van der Waals surface area contributed by atoms with E-state index in [9.17, 15) is 14.9 Å². The number of carbonyl (C=O) groups is 2. The molecule has 1 atom stereocenters. The van der Waals surface area contributed by atoms with Crippen LogP contribution in [0, 0.1) is 11.3 Å². The quantitative estimate of drug-likeness (QED) is 0.650. The summed E-state index contributed by atoms with van der Waals surface area (Å²) in [6, 6.07) is 8.86. The summed E-state index contributed by atoms with van der Waals surface area (Å²) in [6.45, 7) is 2.89. The van der Waals surface area contributed by atoms with Gasteiger partial charge in [0.05, 0.1) is 12.2 Å². The maximum absolute atomic E-state index is 12.4. The van der Waals surface area contributed by atoms with Crippen molar-refractivity contribution in [1.82, 2.24) is 19.8 Å². The van der Waals surface area contributed by atoms with E-state index in [1.165, 1.54) is 0 Å². The predicted octanol–water partition coefficient (Wildman–Crippen LogP) is 2.52. The normalized spacial score (nSPS) is 18.4. The minimum Gasteiger partial charge on any atom is -0.465 e. The molecule has 4 rings (SSSR count). The van der Waals surface area contributed by atoms with Gasteiger partial charge in [-0.25, -0.2) is 19.6 Å². The molecule has 2 aliphatic heterocycles. The number of benzene rings is 1. The summed E-state index contributed by atoms with van der Waals surface area (Å²) in [5.41, 5.74) is 1.10. The standard InChI is InChI=1S/C21H24N8O3/c1-27-8-9-29(21(27)32)16-6-3-7-28(13-16)18-12-23-17(11-22)19(26-18)24-14-4-2-5-15(10-14)25-20(30)31/h2,4-5,10,12,16,25H,3,6-9,13H2,1H3,(H,24,26)(H,30,31)/t16-/m1/s1. The van der Waals surface area contributed by atoms with Gasteiger partial charge in [-0.1, -0.05) is 6.07 Å². The zero-order chi connectivity index (χ0) is 22.7. The number of rotatable bonds is 5. The van der Waals surface area contributed by atoms with Crippen LogP contribution in [0.4, 0.5) is 32.6 Å². The number of piperidine rings is 1. The van der Waals surface area contributed by atoms with Gasteiger partial charge in [0.25, 0.3) is 0 Å². The molecule has 0 radical (unpaired) electrons. The number of likely N-dealkylation sites (N-methyl/N-ethyl adjacent to an activating group) is 1. The lowest BCUT2D eigenvalue weighted by Gasteiger charge is -2.37. The number of anilines is 4. The second-order valence-corrected chi connectivity index (χ2v) is 7.81. The number of carbonyl (C=O) groups excluding carboxylic acids is 1. The number of urea groups is 1. The van der Waals surface area contributed by atoms with Crippen molar-refractivity contribution >= 4 is 35.1 Å². The Hall–Kier alpha value is -4.07. The van der Waals surface area contributed by atoms with Gasteiger partial charge in [-0.3, -0.25) is 5.32 Å². The summed E-state index contributed by atoms with van der Waals surface area (Å²) in [4.78, 5) is 37.9. The largest absolute Gasteiger partial charge is 0.465 e. The smallest absolute Gasteiger partial charge is 0.409 e. The van der Waals surface area contributed by atoms with Gasteiger partial charge in [0.1, 0.15) is 11.9 Å². The molecule has 3 N–H and O–H groups in total. The molecule has 11 nitrogen and oxygen atoms in total. The number of nitriles is 1. The molecule has 2 aromatic rings. The molecule has 0 spiro atoms. The van der Waals surface area contributed by atoms with E-state index in [1.807, 2.05) is 18.0 Å². The Bertz CT molecular complexity index is 1070. The van der Waals surface area contributed by atoms with Crippen molar-refractivity contribution in [3.05, 3.63) is 36.2 Å². The lowest BCUT2D eigenvalue weighted by Crippen LogP contribution is -2.49. The van der Waals surface area contributed by atoms with E-state index in [0.29, 0.717) is 23.7 Å². The van der Waals surface area contributed by atoms with Crippen molar-refractivity contribution in [2.45, 2.75) is 18.9 Å². The zero-order valence-electron chi connectivity index (χ0n) is 17.7. The highest BCUT2D eigenvalue weighted by Gasteiger charge is 2.34. The van der Waals surface area contributed by atoms with Gasteiger partial charge in [0.15, 0.2) is 11.5 Å². The molecule has 0 unspecified atom stereocenters. The number of aromatic nitrogens is 2. The SMILES string of the molecule is CN1CCN([C@@H]2CCCN(c3cnc(C#N)c(Nc4cccc(NC(=O)O)c4)n3)C2)C1=O. The van der Waals surface area contributed by atoms with Gasteiger partial charge < -0.3 is 25.1 Å². The molecule has 0 saturated carbocycles. The van der Waals surface area contributed by atoms with E-state index in [-0.39, 0.29) is 23.6 Å². The number of nitrogens with one attached hydrogen (secondary N) is 2. The third-order valence-corrected chi connectivity index (χ3v) is 5.65. The van der Waals surface area contributed by atoms with Crippen LogP contribution >= 0.6 is 0 Å². The molecule has 11 heteroatoms. The van der Waals surface area contributed by atoms with Crippen LogP contribution in [0.25, 0.3) is 0 Å². The minimum atomic E-state index is -1.16. The average molecular weight is 436 g/mol. The molecule has 2 fully saturated rings. The molecule has 32 heavy (non-hydrogen) atoms. The number of hydrogen-bond acceptors (Lipinski definition) is 7. The van der Waals surface area contributed by atoms with Crippen LogP contribution < -0.4 is 15.5 Å². The average Bonchev–Trinajstić information content (AvgIpc) is 3.12. The highest BCUT2D eigenvalue weighted by molar-refractivity contribution is 5.84. The number of hydrogen-bond donors (Lipinski definition) is 3. The van der Waals surface area contributed by atoms with Crippen LogP contribution in [-0.2, 0) is 0 Å². The van der Waals surface area contributed by atoms with Crippen LogP contribution in [0.15, 0.2) is 30.5 Å². The molecule has 2 saturated heterocycles. The molecule has 2 aliphatic rings. The van der Waals surface area contributed by atoms with Crippen molar-refractivity contribution in [3.63, 3.8) is 0 Å². The van der Waals surface area contributed by atoms with Crippen LogP contribution in [0.5, 0.6) is 0 Å². The summed E-state index contributed by atoms with van der Waals surface area (Å²) >= 11 is 0. The molecule has 3 heterocycles. The highest BCUT2D eigenvalue weighted by atomic mass is 16.4. The Morgan fingerprint density at radius 2 is 2.09 bits per heavy atom. The topological polar surface area (TPSA) is 138 Å². The van der Waals surface area contributed by atoms with Crippen LogP contribution in [0.2, 0.25) is 0 Å². The summed E-state index contributed by atoms with van der Waals surface area (Å²) in [6.07, 6.45) is 2.27. The third kappa shape index (κ3) is 4.49. The molecule has 0 bridgehead atoms. The van der Waals surface area contributed by atoms with Crippen LogP contribution in [0.3, 0.4) is 0 Å². The molecular formula is C21H24N8O3. The maximum atomic E-state index is 12.4. The van der Waals surface area contributed by atoms with Gasteiger partial charge in [-0.05, 0) is 31.0 Å². The first-order valence-electron chi connectivity index (χ1n) is 10.4. The third-order valence-electron chi connectivity index (χ3n) is 5.65. The van der Waals surface area contributed by atoms with Gasteiger partial charge in [-0.2, -0.15) is 5.26 Å². The first-order valence-corrected chi connectivity index (χ1v) is 10.4. The Morgan fingerprint density at radius 3 is 2.81 bits per heavy atom. The highest BCUT2D eigenvalue weighted by Crippen LogP contribution is 2.26. The first-order chi connectivity index (χ1) is 15.4. The Labute approximate surface area is 185 Å². The molecule has 1 aromatic heterocycles. The molecule has 3 amide bonds. The second kappa shape index (κ2) is 8.97. The van der Waals surface area contributed by atoms with E-state index >= 15 is 0 Å². The lowest BCUT2D eigenvalue weighted by molar-refractivity contribution is 0.175. The predicted molar refractivity (Wildman–Crippen MR) is 118 cm³/mol. The van der Waals surface area contributed by atoms with Crippen LogP contribution in [0.1, 0.15) is 18.5 Å². The van der Waals surface area contributed by atoms with Gasteiger partial charge >= 0.3 is 12.1 Å². The van der Waals surface area contributed by atoms with E-state index in [1.54, 1.807) is 35.4 Å². The monoisotopic (exact) mass is 436 g/mol. The Balaban J connectivity index is 1.54. The second-order valence-electron chi connectivity index (χ2n) is 7.81. The fourth-order valence-electron chi connectivity index (χ4n) is 4.06. The summed E-state index contributed by atoms with van der Waals surface area (Å²) in [5.74, 6) is 0.910. The summed E-state index contributed by atoms with van der Waals surface area (Å²) in [7, 11) is 1.81. The molecule has 0 aliphatic carbocycles. The van der Waals surface area contributed by atoms with E-state index in [4.69, 9.17) is 5.11 Å². The van der Waals surface area contributed by atoms with E-state index in [0.717, 1.165) is 32.5 Å². The van der Waals surface area contributed by atoms with Gasteiger partial charge in [-0.15, -0.1) is 0 Å². The fourth-order valence-corrected chi connectivity index (χ4v) is 4.06. The Kier molecular flexibility index (Phi) is 5.93. The number of carboxylic acid groups (broad SMARTS) is 1. The van der Waals surface area contributed by atoms with Crippen LogP contribution in [-0.4, -0.2) is 76.3 Å². The molecule has 166 valence electrons. The summed E-state index contributed by atoms with van der Waals surface area (Å²) < 4.78 is 0. The zero-order valence-corrected chi connectivity index (χ0v) is 17.7. The number of amides is 3. The summed E-state index contributed by atoms with van der Waals surface area (Å²) in [5, 5.41) is 23.7. The van der Waals surface area contributed by atoms with Crippen molar-refractivity contribution in [2.24, 2.45) is 0 Å². The fraction of sp³-hybridized carbons (Fsp3) is 0.381.